The van der Waals surface area contributed by atoms with E-state index >= 15 is 0 Å². The van der Waals surface area contributed by atoms with Gasteiger partial charge in [-0.15, -0.1) is 0 Å². The first-order chi connectivity index (χ1) is 10.2. The summed E-state index contributed by atoms with van der Waals surface area (Å²) in [5.41, 5.74) is 1.87. The molecule has 0 unspecified atom stereocenters. The molecule has 1 N–H and O–H groups in total. The van der Waals surface area contributed by atoms with Crippen LogP contribution >= 0.6 is 0 Å². The summed E-state index contributed by atoms with van der Waals surface area (Å²) >= 11 is 0. The highest BCUT2D eigenvalue weighted by Crippen LogP contribution is 2.33. The molecule has 6 nitrogen and oxygen atoms in total. The van der Waals surface area contributed by atoms with Crippen LogP contribution in [-0.2, 0) is 6.61 Å². The van der Waals surface area contributed by atoms with Gasteiger partial charge in [-0.1, -0.05) is 6.07 Å². The molecular formula is C15H13NO5. The number of hydrogen-bond donors (Lipinski definition) is 1. The van der Waals surface area contributed by atoms with Crippen molar-refractivity contribution in [3.05, 3.63) is 40.1 Å². The lowest BCUT2D eigenvalue weighted by atomic mass is 10.1. The van der Waals surface area contributed by atoms with Gasteiger partial charge in [0.2, 0.25) is 5.75 Å². The lowest BCUT2D eigenvalue weighted by Crippen LogP contribution is -2.11. The highest BCUT2D eigenvalue weighted by atomic mass is 16.5. The number of benzene rings is 2. The Morgan fingerprint density at radius 1 is 1.24 bits per heavy atom. The van der Waals surface area contributed by atoms with E-state index in [9.17, 15) is 9.90 Å². The molecule has 1 aliphatic heterocycles. The zero-order valence-corrected chi connectivity index (χ0v) is 11.5. The second-order valence-electron chi connectivity index (χ2n) is 4.46. The Balaban J connectivity index is 2.39. The van der Waals surface area contributed by atoms with Crippen molar-refractivity contribution >= 4 is 11.1 Å². The number of aromatic nitrogens is 1. The third-order valence-electron chi connectivity index (χ3n) is 3.22. The van der Waals surface area contributed by atoms with Gasteiger partial charge in [-0.05, 0) is 17.7 Å². The summed E-state index contributed by atoms with van der Waals surface area (Å²) in [5, 5.41) is 9.17. The van der Waals surface area contributed by atoms with Crippen molar-refractivity contribution in [3.63, 3.8) is 0 Å². The molecule has 108 valence electrons. The standard InChI is InChI=1S/C15H13NO5/c1-19-12-6-10-14(15(20-2)13(12)18)21-11-4-3-8(7-17)5-9(11)16-10/h3-6,17H,7H2,1-2H3. The molecule has 0 radical (unpaired) electrons. The van der Waals surface area contributed by atoms with E-state index in [4.69, 9.17) is 13.9 Å². The van der Waals surface area contributed by atoms with Gasteiger partial charge in [0.05, 0.1) is 20.8 Å². The molecule has 1 aliphatic carbocycles. The second-order valence-corrected chi connectivity index (χ2v) is 4.46. The maximum absolute atomic E-state index is 12.1. The van der Waals surface area contributed by atoms with Crippen molar-refractivity contribution in [2.75, 3.05) is 14.2 Å². The highest BCUT2D eigenvalue weighted by Gasteiger charge is 2.21. The Kier molecular flexibility index (Phi) is 3.23. The molecule has 1 aromatic carbocycles. The molecule has 2 aliphatic rings. The van der Waals surface area contributed by atoms with Gasteiger partial charge in [0.1, 0.15) is 11.2 Å². The summed E-state index contributed by atoms with van der Waals surface area (Å²) < 4.78 is 15.9. The number of nitrogens with zero attached hydrogens (tertiary/aromatic N) is 1. The molecule has 0 spiro atoms. The van der Waals surface area contributed by atoms with Gasteiger partial charge in [0, 0.05) is 6.07 Å². The van der Waals surface area contributed by atoms with Gasteiger partial charge in [0.25, 0.3) is 5.43 Å². The van der Waals surface area contributed by atoms with Crippen molar-refractivity contribution in [3.8, 4) is 23.0 Å². The molecule has 0 bridgehead atoms. The number of hydrogen-bond acceptors (Lipinski definition) is 6. The summed E-state index contributed by atoms with van der Waals surface area (Å²) in [6.45, 7) is -0.0816. The van der Waals surface area contributed by atoms with Gasteiger partial charge in [-0.2, -0.15) is 0 Å². The van der Waals surface area contributed by atoms with Crippen LogP contribution in [0, 0.1) is 0 Å². The molecule has 0 aromatic heterocycles. The predicted molar refractivity (Wildman–Crippen MR) is 75.9 cm³/mol. The Morgan fingerprint density at radius 3 is 2.71 bits per heavy atom. The maximum Gasteiger partial charge on any atom is 0.266 e. The number of fused-ring (bicyclic) bond motifs is 2. The molecular weight excluding hydrogens is 274 g/mol. The average Bonchev–Trinajstić information content (AvgIpc) is 2.52. The van der Waals surface area contributed by atoms with Crippen LogP contribution in [-0.4, -0.2) is 24.3 Å². The monoisotopic (exact) mass is 287 g/mol. The van der Waals surface area contributed by atoms with E-state index in [0.717, 1.165) is 5.56 Å². The van der Waals surface area contributed by atoms with Crippen LogP contribution in [0.2, 0.25) is 0 Å². The minimum atomic E-state index is -0.385. The SMILES string of the molecule is COc1cc2nc3cc(CO)ccc3oc-2c(OC)c1=O. The van der Waals surface area contributed by atoms with Gasteiger partial charge in [-0.25, -0.2) is 4.98 Å². The zero-order valence-electron chi connectivity index (χ0n) is 11.5. The number of rotatable bonds is 3. The zero-order chi connectivity index (χ0) is 15.0. The Morgan fingerprint density at radius 2 is 2.05 bits per heavy atom. The molecule has 21 heavy (non-hydrogen) atoms. The number of ether oxygens (including phenoxy) is 2. The number of aliphatic hydroxyl groups excluding tert-OH is 1. The van der Waals surface area contributed by atoms with Crippen LogP contribution in [0.15, 0.2) is 33.5 Å². The van der Waals surface area contributed by atoms with Crippen molar-refractivity contribution in [1.29, 1.82) is 0 Å². The molecule has 0 amide bonds. The third-order valence-corrected chi connectivity index (χ3v) is 3.22. The number of aliphatic hydroxyl groups is 1. The molecule has 3 rings (SSSR count). The molecule has 0 saturated heterocycles. The second kappa shape index (κ2) is 5.06. The average molecular weight is 287 g/mol. The summed E-state index contributed by atoms with van der Waals surface area (Å²) in [7, 11) is 2.80. The van der Waals surface area contributed by atoms with E-state index < -0.39 is 0 Å². The molecule has 1 aromatic rings. The summed E-state index contributed by atoms with van der Waals surface area (Å²) in [5.74, 6) is 0.470. The van der Waals surface area contributed by atoms with Crippen molar-refractivity contribution < 1.29 is 19.0 Å². The maximum atomic E-state index is 12.1. The lowest BCUT2D eigenvalue weighted by molar-refractivity contribution is 0.282. The minimum Gasteiger partial charge on any atom is -0.492 e. The normalized spacial score (nSPS) is 11.0. The largest absolute Gasteiger partial charge is 0.492 e. The Labute approximate surface area is 119 Å². The van der Waals surface area contributed by atoms with Crippen LogP contribution in [0.4, 0.5) is 0 Å². The van der Waals surface area contributed by atoms with Crippen LogP contribution < -0.4 is 14.9 Å². The fraction of sp³-hybridized carbons (Fsp3) is 0.200. The van der Waals surface area contributed by atoms with E-state index in [1.54, 1.807) is 18.2 Å². The van der Waals surface area contributed by atoms with Crippen molar-refractivity contribution in [1.82, 2.24) is 4.98 Å². The first-order valence-corrected chi connectivity index (χ1v) is 6.27. The van der Waals surface area contributed by atoms with E-state index in [0.29, 0.717) is 16.8 Å². The highest BCUT2D eigenvalue weighted by molar-refractivity contribution is 5.79. The van der Waals surface area contributed by atoms with E-state index in [2.05, 4.69) is 4.98 Å². The Hall–Kier alpha value is -2.60. The van der Waals surface area contributed by atoms with Crippen LogP contribution in [0.1, 0.15) is 5.56 Å². The van der Waals surface area contributed by atoms with E-state index in [1.807, 2.05) is 0 Å². The first-order valence-electron chi connectivity index (χ1n) is 6.27. The fourth-order valence-electron chi connectivity index (χ4n) is 2.18. The quantitative estimate of drug-likeness (QED) is 0.740. The number of methoxy groups -OCH3 is 2. The third kappa shape index (κ3) is 2.09. The summed E-state index contributed by atoms with van der Waals surface area (Å²) in [4.78, 5) is 16.6. The fourth-order valence-corrected chi connectivity index (χ4v) is 2.18. The topological polar surface area (TPSA) is 81.8 Å². The van der Waals surface area contributed by atoms with Gasteiger partial charge < -0.3 is 19.0 Å². The molecule has 0 fully saturated rings. The molecule has 0 atom stereocenters. The van der Waals surface area contributed by atoms with Crippen LogP contribution in [0.5, 0.6) is 11.5 Å². The van der Waals surface area contributed by atoms with Gasteiger partial charge in [0.15, 0.2) is 17.1 Å². The van der Waals surface area contributed by atoms with E-state index in [1.165, 1.54) is 20.3 Å². The van der Waals surface area contributed by atoms with Crippen LogP contribution in [0.3, 0.4) is 0 Å². The lowest BCUT2D eigenvalue weighted by Gasteiger charge is -2.12. The summed E-state index contributed by atoms with van der Waals surface area (Å²) in [6, 6.07) is 6.66. The van der Waals surface area contributed by atoms with Crippen molar-refractivity contribution in [2.24, 2.45) is 0 Å². The molecule has 0 saturated carbocycles. The van der Waals surface area contributed by atoms with Gasteiger partial charge in [-0.3, -0.25) is 4.79 Å². The van der Waals surface area contributed by atoms with Gasteiger partial charge >= 0.3 is 0 Å². The van der Waals surface area contributed by atoms with Crippen LogP contribution in [0.25, 0.3) is 22.6 Å². The molecule has 6 heteroatoms. The van der Waals surface area contributed by atoms with Crippen molar-refractivity contribution in [2.45, 2.75) is 6.61 Å². The molecule has 1 heterocycles. The predicted octanol–water partition coefficient (Wildman–Crippen LogP) is 1.80. The Bertz CT molecular complexity index is 839. The summed E-state index contributed by atoms with van der Waals surface area (Å²) in [6.07, 6.45) is 0. The van der Waals surface area contributed by atoms with E-state index in [-0.39, 0.29) is 29.3 Å². The minimum absolute atomic E-state index is 0.0602. The first kappa shape index (κ1) is 13.4. The smallest absolute Gasteiger partial charge is 0.266 e.